The standard InChI is InChI=1S/C15H21N3/c1-10-7-8-12-14(16-10)18-13(17-12)11-6-4-5-9-15(11,2)3/h7-8,11H,4-6,9H2,1-3H3,(H,16,17,18). The first-order chi connectivity index (χ1) is 8.56. The highest BCUT2D eigenvalue weighted by Gasteiger charge is 2.35. The molecular formula is C15H21N3. The number of nitrogens with one attached hydrogen (secondary N) is 1. The maximum atomic E-state index is 4.73. The van der Waals surface area contributed by atoms with Gasteiger partial charge in [-0.2, -0.15) is 0 Å². The van der Waals surface area contributed by atoms with Gasteiger partial charge in [-0.3, -0.25) is 0 Å². The number of imidazole rings is 1. The van der Waals surface area contributed by atoms with Crippen molar-refractivity contribution in [2.45, 2.75) is 52.4 Å². The predicted molar refractivity (Wildman–Crippen MR) is 73.6 cm³/mol. The molecule has 0 amide bonds. The number of fused-ring (bicyclic) bond motifs is 1. The van der Waals surface area contributed by atoms with Crippen LogP contribution in [0.25, 0.3) is 11.2 Å². The van der Waals surface area contributed by atoms with Crippen molar-refractivity contribution >= 4 is 11.2 Å². The largest absolute Gasteiger partial charge is 0.340 e. The van der Waals surface area contributed by atoms with Crippen molar-refractivity contribution in [3.63, 3.8) is 0 Å². The van der Waals surface area contributed by atoms with Gasteiger partial charge in [-0.1, -0.05) is 26.7 Å². The fraction of sp³-hybridized carbons (Fsp3) is 0.600. The van der Waals surface area contributed by atoms with E-state index in [1.807, 2.05) is 13.0 Å². The molecule has 3 nitrogen and oxygen atoms in total. The molecule has 1 saturated carbocycles. The van der Waals surface area contributed by atoms with Crippen LogP contribution in [0, 0.1) is 12.3 Å². The summed E-state index contributed by atoms with van der Waals surface area (Å²) in [6, 6.07) is 4.13. The normalized spacial score (nSPS) is 23.4. The van der Waals surface area contributed by atoms with Crippen molar-refractivity contribution in [2.24, 2.45) is 5.41 Å². The van der Waals surface area contributed by atoms with Crippen LogP contribution in [0.5, 0.6) is 0 Å². The zero-order chi connectivity index (χ0) is 12.8. The fourth-order valence-corrected chi connectivity index (χ4v) is 3.17. The molecule has 1 fully saturated rings. The minimum Gasteiger partial charge on any atom is -0.340 e. The molecule has 96 valence electrons. The van der Waals surface area contributed by atoms with E-state index in [1.54, 1.807) is 0 Å². The van der Waals surface area contributed by atoms with Gasteiger partial charge < -0.3 is 4.98 Å². The number of pyridine rings is 1. The summed E-state index contributed by atoms with van der Waals surface area (Å²) in [5.74, 6) is 1.67. The van der Waals surface area contributed by atoms with Crippen LogP contribution in [0.3, 0.4) is 0 Å². The highest BCUT2D eigenvalue weighted by atomic mass is 15.0. The monoisotopic (exact) mass is 243 g/mol. The summed E-state index contributed by atoms with van der Waals surface area (Å²) in [6.07, 6.45) is 5.20. The summed E-state index contributed by atoms with van der Waals surface area (Å²) >= 11 is 0. The zero-order valence-electron chi connectivity index (χ0n) is 11.5. The molecule has 0 aliphatic heterocycles. The lowest BCUT2D eigenvalue weighted by Gasteiger charge is -2.37. The van der Waals surface area contributed by atoms with E-state index in [9.17, 15) is 0 Å². The molecule has 2 aromatic rings. The summed E-state index contributed by atoms with van der Waals surface area (Å²) < 4.78 is 0. The summed E-state index contributed by atoms with van der Waals surface area (Å²) in [4.78, 5) is 12.7. The molecule has 2 aromatic heterocycles. The third kappa shape index (κ3) is 1.92. The van der Waals surface area contributed by atoms with Crippen molar-refractivity contribution in [2.75, 3.05) is 0 Å². The Morgan fingerprint density at radius 2 is 2.06 bits per heavy atom. The van der Waals surface area contributed by atoms with Gasteiger partial charge in [0.05, 0.1) is 5.52 Å². The van der Waals surface area contributed by atoms with Crippen LogP contribution < -0.4 is 0 Å². The highest BCUT2D eigenvalue weighted by molar-refractivity contribution is 5.70. The first-order valence-electron chi connectivity index (χ1n) is 6.89. The fourth-order valence-electron chi connectivity index (χ4n) is 3.17. The van der Waals surface area contributed by atoms with Crippen LogP contribution in [-0.2, 0) is 0 Å². The second-order valence-corrected chi connectivity index (χ2v) is 6.23. The quantitative estimate of drug-likeness (QED) is 0.824. The predicted octanol–water partition coefficient (Wildman–Crippen LogP) is 3.95. The van der Waals surface area contributed by atoms with Crippen molar-refractivity contribution in [1.82, 2.24) is 15.0 Å². The Morgan fingerprint density at radius 3 is 2.83 bits per heavy atom. The minimum atomic E-state index is 0.348. The second kappa shape index (κ2) is 4.08. The molecule has 1 atom stereocenters. The van der Waals surface area contributed by atoms with Crippen LogP contribution in [0.1, 0.15) is 57.0 Å². The second-order valence-electron chi connectivity index (χ2n) is 6.23. The number of aromatic nitrogens is 3. The lowest BCUT2D eigenvalue weighted by atomic mass is 9.68. The van der Waals surface area contributed by atoms with E-state index in [-0.39, 0.29) is 0 Å². The van der Waals surface area contributed by atoms with Crippen LogP contribution >= 0.6 is 0 Å². The van der Waals surface area contributed by atoms with E-state index in [2.05, 4.69) is 29.9 Å². The Kier molecular flexibility index (Phi) is 2.65. The number of rotatable bonds is 1. The summed E-state index contributed by atoms with van der Waals surface area (Å²) in [5, 5.41) is 0. The Hall–Kier alpha value is -1.38. The van der Waals surface area contributed by atoms with E-state index in [0.717, 1.165) is 22.7 Å². The lowest BCUT2D eigenvalue weighted by molar-refractivity contribution is 0.193. The van der Waals surface area contributed by atoms with Crippen molar-refractivity contribution in [3.05, 3.63) is 23.7 Å². The number of aryl methyl sites for hydroxylation is 1. The molecule has 1 N–H and O–H groups in total. The highest BCUT2D eigenvalue weighted by Crippen LogP contribution is 2.45. The molecule has 3 heteroatoms. The minimum absolute atomic E-state index is 0.348. The molecule has 0 bridgehead atoms. The van der Waals surface area contributed by atoms with Gasteiger partial charge in [-0.05, 0) is 37.3 Å². The third-order valence-corrected chi connectivity index (χ3v) is 4.34. The van der Waals surface area contributed by atoms with Gasteiger partial charge >= 0.3 is 0 Å². The van der Waals surface area contributed by atoms with Crippen molar-refractivity contribution in [3.8, 4) is 0 Å². The molecular weight excluding hydrogens is 222 g/mol. The van der Waals surface area contributed by atoms with Gasteiger partial charge in [0.2, 0.25) is 0 Å². The summed E-state index contributed by atoms with van der Waals surface area (Å²) in [5.41, 5.74) is 3.31. The van der Waals surface area contributed by atoms with Crippen LogP contribution in [0.4, 0.5) is 0 Å². The van der Waals surface area contributed by atoms with E-state index >= 15 is 0 Å². The van der Waals surface area contributed by atoms with Gasteiger partial charge in [0.1, 0.15) is 5.82 Å². The topological polar surface area (TPSA) is 41.6 Å². The number of aromatic amines is 1. The molecule has 1 aliphatic rings. The molecule has 1 unspecified atom stereocenters. The van der Waals surface area contributed by atoms with E-state index < -0.39 is 0 Å². The number of hydrogen-bond donors (Lipinski definition) is 1. The molecule has 3 rings (SSSR count). The summed E-state index contributed by atoms with van der Waals surface area (Å²) in [7, 11) is 0. The SMILES string of the molecule is Cc1ccc2[nH]c(C3CCCCC3(C)C)nc2n1. The zero-order valence-corrected chi connectivity index (χ0v) is 11.5. The van der Waals surface area contributed by atoms with Gasteiger partial charge in [-0.25, -0.2) is 9.97 Å². The summed E-state index contributed by atoms with van der Waals surface area (Å²) in [6.45, 7) is 6.74. The molecule has 0 saturated heterocycles. The average molecular weight is 243 g/mol. The number of H-pyrrole nitrogens is 1. The smallest absolute Gasteiger partial charge is 0.177 e. The van der Waals surface area contributed by atoms with E-state index in [0.29, 0.717) is 11.3 Å². The Labute approximate surface area is 108 Å². The average Bonchev–Trinajstić information content (AvgIpc) is 2.70. The lowest BCUT2D eigenvalue weighted by Crippen LogP contribution is -2.26. The third-order valence-electron chi connectivity index (χ3n) is 4.34. The first kappa shape index (κ1) is 11.7. The van der Waals surface area contributed by atoms with Gasteiger partial charge in [0.15, 0.2) is 5.65 Å². The van der Waals surface area contributed by atoms with Crippen molar-refractivity contribution in [1.29, 1.82) is 0 Å². The Balaban J connectivity index is 2.03. The van der Waals surface area contributed by atoms with Crippen LogP contribution in [0.2, 0.25) is 0 Å². The Morgan fingerprint density at radius 1 is 1.22 bits per heavy atom. The number of nitrogens with zero attached hydrogens (tertiary/aromatic N) is 2. The maximum absolute atomic E-state index is 4.73. The maximum Gasteiger partial charge on any atom is 0.177 e. The first-order valence-corrected chi connectivity index (χ1v) is 6.89. The van der Waals surface area contributed by atoms with E-state index in [4.69, 9.17) is 4.98 Å². The van der Waals surface area contributed by atoms with E-state index in [1.165, 1.54) is 25.7 Å². The molecule has 18 heavy (non-hydrogen) atoms. The molecule has 0 radical (unpaired) electrons. The molecule has 2 heterocycles. The Bertz CT molecular complexity index is 568. The molecule has 0 spiro atoms. The van der Waals surface area contributed by atoms with Crippen LogP contribution in [-0.4, -0.2) is 15.0 Å². The van der Waals surface area contributed by atoms with Gasteiger partial charge in [-0.15, -0.1) is 0 Å². The number of hydrogen-bond acceptors (Lipinski definition) is 2. The van der Waals surface area contributed by atoms with Gasteiger partial charge in [0.25, 0.3) is 0 Å². The molecule has 0 aromatic carbocycles. The molecule has 1 aliphatic carbocycles. The van der Waals surface area contributed by atoms with Gasteiger partial charge in [0, 0.05) is 11.6 Å². The van der Waals surface area contributed by atoms with Crippen LogP contribution in [0.15, 0.2) is 12.1 Å². The van der Waals surface area contributed by atoms with Crippen molar-refractivity contribution < 1.29 is 0 Å².